The van der Waals surface area contributed by atoms with Crippen molar-refractivity contribution >= 4 is 5.91 Å². The van der Waals surface area contributed by atoms with Gasteiger partial charge in [0.05, 0.1) is 6.61 Å². The van der Waals surface area contributed by atoms with Crippen LogP contribution < -0.4 is 10.1 Å². The van der Waals surface area contributed by atoms with Gasteiger partial charge >= 0.3 is 0 Å². The maximum absolute atomic E-state index is 12.4. The fourth-order valence-electron chi connectivity index (χ4n) is 3.27. The third-order valence-corrected chi connectivity index (χ3v) is 4.65. The Balaban J connectivity index is 1.53. The van der Waals surface area contributed by atoms with Gasteiger partial charge in [0, 0.05) is 39.0 Å². The molecular formula is C18H26N2O3. The van der Waals surface area contributed by atoms with Crippen molar-refractivity contribution in [2.24, 2.45) is 0 Å². The van der Waals surface area contributed by atoms with E-state index in [2.05, 4.69) is 37.4 Å². The smallest absolute Gasteiger partial charge is 0.253 e. The lowest BCUT2D eigenvalue weighted by molar-refractivity contribution is -0.147. The second-order valence-electron chi connectivity index (χ2n) is 6.43. The van der Waals surface area contributed by atoms with Crippen LogP contribution in [-0.4, -0.2) is 55.8 Å². The van der Waals surface area contributed by atoms with Crippen LogP contribution in [0.3, 0.4) is 0 Å². The average molecular weight is 318 g/mol. The molecule has 5 nitrogen and oxygen atoms in total. The van der Waals surface area contributed by atoms with Crippen LogP contribution in [-0.2, 0) is 9.53 Å². The second-order valence-corrected chi connectivity index (χ2v) is 6.43. The highest BCUT2D eigenvalue weighted by molar-refractivity contribution is 5.81. The van der Waals surface area contributed by atoms with Crippen LogP contribution in [0.25, 0.3) is 0 Å². The molecule has 2 saturated heterocycles. The lowest BCUT2D eigenvalue weighted by Gasteiger charge is -2.35. The Morgan fingerprint density at radius 3 is 2.57 bits per heavy atom. The maximum atomic E-state index is 12.4. The van der Waals surface area contributed by atoms with Crippen molar-refractivity contribution in [2.75, 3.05) is 32.8 Å². The van der Waals surface area contributed by atoms with Crippen LogP contribution in [0, 0.1) is 13.8 Å². The van der Waals surface area contributed by atoms with Gasteiger partial charge < -0.3 is 19.7 Å². The summed E-state index contributed by atoms with van der Waals surface area (Å²) in [5.41, 5.74) is 2.34. The zero-order chi connectivity index (χ0) is 16.2. The van der Waals surface area contributed by atoms with Crippen molar-refractivity contribution in [3.63, 3.8) is 0 Å². The molecule has 0 bridgehead atoms. The van der Waals surface area contributed by atoms with Crippen molar-refractivity contribution in [1.29, 1.82) is 0 Å². The standard InChI is InChI=1S/C18H26N2O3/c1-13-4-3-5-14(2)17(13)23-15-6-9-20(10-7-15)18(21)16-12-19-8-11-22-16/h3-5,15-16,19H,6-12H2,1-2H3/t16-/m0/s1. The van der Waals surface area contributed by atoms with Gasteiger partial charge in [-0.3, -0.25) is 4.79 Å². The number of aryl methyl sites for hydroxylation is 2. The lowest BCUT2D eigenvalue weighted by atomic mass is 10.1. The molecule has 2 aliphatic heterocycles. The molecule has 1 atom stereocenters. The van der Waals surface area contributed by atoms with Crippen LogP contribution in [0.2, 0.25) is 0 Å². The minimum atomic E-state index is -0.320. The maximum Gasteiger partial charge on any atom is 0.253 e. The van der Waals surface area contributed by atoms with E-state index in [1.54, 1.807) is 0 Å². The van der Waals surface area contributed by atoms with Crippen LogP contribution in [0.4, 0.5) is 0 Å². The van der Waals surface area contributed by atoms with Crippen molar-refractivity contribution in [1.82, 2.24) is 10.2 Å². The second kappa shape index (κ2) is 7.32. The molecular weight excluding hydrogens is 292 g/mol. The molecule has 23 heavy (non-hydrogen) atoms. The minimum absolute atomic E-state index is 0.114. The fourth-order valence-corrected chi connectivity index (χ4v) is 3.27. The number of hydrogen-bond donors (Lipinski definition) is 1. The summed E-state index contributed by atoms with van der Waals surface area (Å²) in [6, 6.07) is 6.21. The summed E-state index contributed by atoms with van der Waals surface area (Å²) in [6.45, 7) is 7.71. The van der Waals surface area contributed by atoms with Gasteiger partial charge in [0.2, 0.25) is 0 Å². The molecule has 2 heterocycles. The van der Waals surface area contributed by atoms with Gasteiger partial charge in [-0.1, -0.05) is 18.2 Å². The molecule has 2 fully saturated rings. The largest absolute Gasteiger partial charge is 0.490 e. The summed E-state index contributed by atoms with van der Waals surface area (Å²) in [4.78, 5) is 14.4. The lowest BCUT2D eigenvalue weighted by Crippen LogP contribution is -2.52. The molecule has 0 spiro atoms. The van der Waals surface area contributed by atoms with E-state index >= 15 is 0 Å². The number of carbonyl (C=O) groups excluding carboxylic acids is 1. The zero-order valence-electron chi connectivity index (χ0n) is 14.0. The van der Waals surface area contributed by atoms with Gasteiger partial charge in [0.15, 0.2) is 0 Å². The number of likely N-dealkylation sites (tertiary alicyclic amines) is 1. The zero-order valence-corrected chi connectivity index (χ0v) is 14.0. The highest BCUT2D eigenvalue weighted by Gasteiger charge is 2.30. The van der Waals surface area contributed by atoms with E-state index in [4.69, 9.17) is 9.47 Å². The van der Waals surface area contributed by atoms with Crippen LogP contribution in [0.5, 0.6) is 5.75 Å². The molecule has 0 saturated carbocycles. The molecule has 1 amide bonds. The molecule has 126 valence electrons. The summed E-state index contributed by atoms with van der Waals surface area (Å²) < 4.78 is 11.8. The predicted molar refractivity (Wildman–Crippen MR) is 88.8 cm³/mol. The van der Waals surface area contributed by atoms with E-state index in [1.807, 2.05) is 4.90 Å². The average Bonchev–Trinajstić information content (AvgIpc) is 2.59. The number of hydrogen-bond acceptors (Lipinski definition) is 4. The van der Waals surface area contributed by atoms with Crippen LogP contribution in [0.1, 0.15) is 24.0 Å². The van der Waals surface area contributed by atoms with Gasteiger partial charge in [0.1, 0.15) is 18.0 Å². The quantitative estimate of drug-likeness (QED) is 0.921. The Morgan fingerprint density at radius 2 is 1.96 bits per heavy atom. The molecule has 1 aromatic rings. The van der Waals surface area contributed by atoms with Gasteiger partial charge in [-0.2, -0.15) is 0 Å². The van der Waals surface area contributed by atoms with Crippen molar-refractivity contribution in [3.8, 4) is 5.75 Å². The van der Waals surface area contributed by atoms with Crippen LogP contribution >= 0.6 is 0 Å². The van der Waals surface area contributed by atoms with E-state index < -0.39 is 0 Å². The first-order valence-corrected chi connectivity index (χ1v) is 8.49. The summed E-state index contributed by atoms with van der Waals surface area (Å²) in [5, 5.41) is 3.21. The van der Waals surface area contributed by atoms with Crippen LogP contribution in [0.15, 0.2) is 18.2 Å². The molecule has 0 aromatic heterocycles. The number of para-hydroxylation sites is 1. The topological polar surface area (TPSA) is 50.8 Å². The van der Waals surface area contributed by atoms with E-state index in [0.717, 1.165) is 38.2 Å². The molecule has 3 rings (SSSR count). The Kier molecular flexibility index (Phi) is 5.18. The monoisotopic (exact) mass is 318 g/mol. The molecule has 1 N–H and O–H groups in total. The van der Waals surface area contributed by atoms with Crippen molar-refractivity contribution in [2.45, 2.75) is 38.9 Å². The van der Waals surface area contributed by atoms with E-state index in [0.29, 0.717) is 13.2 Å². The number of ether oxygens (including phenoxy) is 2. The van der Waals surface area contributed by atoms with Crippen molar-refractivity contribution in [3.05, 3.63) is 29.3 Å². The summed E-state index contributed by atoms with van der Waals surface area (Å²) >= 11 is 0. The predicted octanol–water partition coefficient (Wildman–Crippen LogP) is 1.66. The normalized spacial score (nSPS) is 22.9. The molecule has 5 heteroatoms. The number of benzene rings is 1. The van der Waals surface area contributed by atoms with E-state index in [9.17, 15) is 4.79 Å². The molecule has 0 aliphatic carbocycles. The van der Waals surface area contributed by atoms with Crippen molar-refractivity contribution < 1.29 is 14.3 Å². The summed E-state index contributed by atoms with van der Waals surface area (Å²) in [6.07, 6.45) is 1.61. The molecule has 2 aliphatic rings. The van der Waals surface area contributed by atoms with E-state index in [-0.39, 0.29) is 18.1 Å². The first kappa shape index (κ1) is 16.3. The summed E-state index contributed by atoms with van der Waals surface area (Å²) in [7, 11) is 0. The van der Waals surface area contributed by atoms with Gasteiger partial charge in [0.25, 0.3) is 5.91 Å². The first-order chi connectivity index (χ1) is 11.1. The third-order valence-electron chi connectivity index (χ3n) is 4.65. The fraction of sp³-hybridized carbons (Fsp3) is 0.611. The number of nitrogens with one attached hydrogen (secondary N) is 1. The number of nitrogens with zero attached hydrogens (tertiary/aromatic N) is 1. The molecule has 0 unspecified atom stereocenters. The highest BCUT2D eigenvalue weighted by atomic mass is 16.5. The number of amides is 1. The van der Waals surface area contributed by atoms with Gasteiger partial charge in [-0.25, -0.2) is 0 Å². The van der Waals surface area contributed by atoms with Gasteiger partial charge in [-0.15, -0.1) is 0 Å². The number of carbonyl (C=O) groups is 1. The molecule has 1 aromatic carbocycles. The SMILES string of the molecule is Cc1cccc(C)c1OC1CCN(C(=O)[C@@H]2CNCCO2)CC1. The first-order valence-electron chi connectivity index (χ1n) is 8.49. The Hall–Kier alpha value is -1.59. The minimum Gasteiger partial charge on any atom is -0.490 e. The highest BCUT2D eigenvalue weighted by Crippen LogP contribution is 2.26. The Bertz CT molecular complexity index is 527. The Labute approximate surface area is 137 Å². The third kappa shape index (κ3) is 3.85. The molecule has 0 radical (unpaired) electrons. The van der Waals surface area contributed by atoms with E-state index in [1.165, 1.54) is 11.1 Å². The number of rotatable bonds is 3. The Morgan fingerprint density at radius 1 is 1.26 bits per heavy atom. The number of piperidine rings is 1. The summed E-state index contributed by atoms with van der Waals surface area (Å²) in [5.74, 6) is 1.11. The van der Waals surface area contributed by atoms with Gasteiger partial charge in [-0.05, 0) is 25.0 Å². The number of morpholine rings is 1.